The van der Waals surface area contributed by atoms with Crippen molar-refractivity contribution in [3.8, 4) is 5.75 Å². The van der Waals surface area contributed by atoms with Crippen LogP contribution >= 0.6 is 0 Å². The molecule has 4 nitrogen and oxygen atoms in total. The summed E-state index contributed by atoms with van der Waals surface area (Å²) in [7, 11) is 1.61. The Morgan fingerprint density at radius 2 is 1.83 bits per heavy atom. The number of anilines is 1. The molecule has 0 bridgehead atoms. The second-order valence-corrected chi connectivity index (χ2v) is 5.21. The molecule has 0 unspecified atom stereocenters. The van der Waals surface area contributed by atoms with Gasteiger partial charge in [-0.15, -0.1) is 0 Å². The smallest absolute Gasteiger partial charge is 0.412 e. The Balaban J connectivity index is 2.94. The number of ether oxygens (including phenoxy) is 2. The third-order valence-electron chi connectivity index (χ3n) is 2.47. The van der Waals surface area contributed by atoms with Gasteiger partial charge in [-0.1, -0.05) is 6.07 Å². The molecule has 0 radical (unpaired) electrons. The van der Waals surface area contributed by atoms with Crippen LogP contribution in [-0.4, -0.2) is 18.8 Å². The van der Waals surface area contributed by atoms with Crippen LogP contribution in [0.5, 0.6) is 5.75 Å². The molecule has 0 aliphatic rings. The molecule has 1 aromatic rings. The first-order valence-electron chi connectivity index (χ1n) is 5.89. The molecule has 0 saturated heterocycles. The highest BCUT2D eigenvalue weighted by molar-refractivity contribution is 5.87. The van der Waals surface area contributed by atoms with Gasteiger partial charge < -0.3 is 9.47 Å². The number of aryl methyl sites for hydroxylation is 1. The maximum Gasteiger partial charge on any atom is 0.412 e. The largest absolute Gasteiger partial charge is 0.496 e. The van der Waals surface area contributed by atoms with Gasteiger partial charge in [-0.3, -0.25) is 5.32 Å². The second-order valence-electron chi connectivity index (χ2n) is 5.21. The van der Waals surface area contributed by atoms with Gasteiger partial charge >= 0.3 is 6.09 Å². The molecule has 0 aliphatic carbocycles. The first-order chi connectivity index (χ1) is 8.24. The van der Waals surface area contributed by atoms with E-state index in [4.69, 9.17) is 9.47 Å². The van der Waals surface area contributed by atoms with E-state index in [-0.39, 0.29) is 0 Å². The molecule has 1 amide bonds. The highest BCUT2D eigenvalue weighted by Crippen LogP contribution is 2.29. The molecule has 0 spiro atoms. The Bertz CT molecular complexity index is 447. The van der Waals surface area contributed by atoms with Crippen LogP contribution in [0, 0.1) is 13.8 Å². The third-order valence-corrected chi connectivity index (χ3v) is 2.47. The van der Waals surface area contributed by atoms with E-state index >= 15 is 0 Å². The molecule has 1 rings (SSSR count). The van der Waals surface area contributed by atoms with Gasteiger partial charge in [-0.25, -0.2) is 4.79 Å². The maximum absolute atomic E-state index is 11.8. The SMILES string of the molecule is COc1ccc(C)c(NC(=O)OC(C)(C)C)c1C. The minimum atomic E-state index is -0.509. The number of carbonyl (C=O) groups excluding carboxylic acids is 1. The zero-order valence-corrected chi connectivity index (χ0v) is 11.9. The van der Waals surface area contributed by atoms with Crippen molar-refractivity contribution in [2.75, 3.05) is 12.4 Å². The van der Waals surface area contributed by atoms with Gasteiger partial charge in [0, 0.05) is 5.56 Å². The average molecular weight is 251 g/mol. The van der Waals surface area contributed by atoms with Crippen molar-refractivity contribution in [2.24, 2.45) is 0 Å². The summed E-state index contributed by atoms with van der Waals surface area (Å²) in [6.45, 7) is 9.32. The van der Waals surface area contributed by atoms with Gasteiger partial charge in [0.25, 0.3) is 0 Å². The minimum absolute atomic E-state index is 0.457. The van der Waals surface area contributed by atoms with Crippen LogP contribution in [0.1, 0.15) is 31.9 Å². The Kier molecular flexibility index (Phi) is 4.22. The quantitative estimate of drug-likeness (QED) is 0.872. The molecule has 0 fully saturated rings. The van der Waals surface area contributed by atoms with Crippen LogP contribution in [0.4, 0.5) is 10.5 Å². The fourth-order valence-corrected chi connectivity index (χ4v) is 1.65. The van der Waals surface area contributed by atoms with E-state index in [9.17, 15) is 4.79 Å². The standard InChI is InChI=1S/C14H21NO3/c1-9-7-8-11(17-6)10(2)12(9)15-13(16)18-14(3,4)5/h7-8H,1-6H3,(H,15,16). The topological polar surface area (TPSA) is 47.6 Å². The number of amides is 1. The van der Waals surface area contributed by atoms with Crippen LogP contribution in [-0.2, 0) is 4.74 Å². The fraction of sp³-hybridized carbons (Fsp3) is 0.500. The van der Waals surface area contributed by atoms with E-state index in [0.29, 0.717) is 0 Å². The van der Waals surface area contributed by atoms with E-state index in [1.165, 1.54) is 0 Å². The summed E-state index contributed by atoms with van der Waals surface area (Å²) in [5.41, 5.74) is 2.09. The maximum atomic E-state index is 11.8. The summed E-state index contributed by atoms with van der Waals surface area (Å²) in [5.74, 6) is 0.742. The lowest BCUT2D eigenvalue weighted by Gasteiger charge is -2.21. The van der Waals surface area contributed by atoms with E-state index in [2.05, 4.69) is 5.32 Å². The number of hydrogen-bond donors (Lipinski definition) is 1. The monoisotopic (exact) mass is 251 g/mol. The summed E-state index contributed by atoms with van der Waals surface area (Å²) in [4.78, 5) is 11.8. The number of rotatable bonds is 2. The normalized spacial score (nSPS) is 11.0. The van der Waals surface area contributed by atoms with E-state index in [1.54, 1.807) is 7.11 Å². The molecule has 0 saturated carbocycles. The molecule has 0 aromatic heterocycles. The van der Waals surface area contributed by atoms with Crippen molar-refractivity contribution >= 4 is 11.8 Å². The number of methoxy groups -OCH3 is 1. The molecule has 0 aliphatic heterocycles. The predicted molar refractivity (Wildman–Crippen MR) is 72.3 cm³/mol. The van der Waals surface area contributed by atoms with Crippen molar-refractivity contribution in [3.63, 3.8) is 0 Å². The minimum Gasteiger partial charge on any atom is -0.496 e. The number of benzene rings is 1. The zero-order valence-electron chi connectivity index (χ0n) is 11.9. The van der Waals surface area contributed by atoms with Crippen LogP contribution in [0.3, 0.4) is 0 Å². The van der Waals surface area contributed by atoms with Gasteiger partial charge in [0.15, 0.2) is 0 Å². The number of carbonyl (C=O) groups is 1. The Morgan fingerprint density at radius 3 is 2.33 bits per heavy atom. The number of hydrogen-bond acceptors (Lipinski definition) is 3. The third kappa shape index (κ3) is 3.65. The molecule has 1 aromatic carbocycles. The molecule has 0 atom stereocenters. The Hall–Kier alpha value is -1.71. The first-order valence-corrected chi connectivity index (χ1v) is 5.89. The molecule has 1 N–H and O–H groups in total. The average Bonchev–Trinajstić information content (AvgIpc) is 2.22. The van der Waals surface area contributed by atoms with E-state index < -0.39 is 11.7 Å². The first kappa shape index (κ1) is 14.4. The van der Waals surface area contributed by atoms with Crippen molar-refractivity contribution in [1.82, 2.24) is 0 Å². The van der Waals surface area contributed by atoms with Crippen molar-refractivity contribution in [1.29, 1.82) is 0 Å². The molecular formula is C14H21NO3. The van der Waals surface area contributed by atoms with E-state index in [1.807, 2.05) is 46.8 Å². The van der Waals surface area contributed by atoms with E-state index in [0.717, 1.165) is 22.6 Å². The Labute approximate surface area is 108 Å². The fourth-order valence-electron chi connectivity index (χ4n) is 1.65. The van der Waals surface area contributed by atoms with Crippen molar-refractivity contribution in [2.45, 2.75) is 40.2 Å². The molecule has 100 valence electrons. The summed E-state index contributed by atoms with van der Waals surface area (Å²) in [6, 6.07) is 3.78. The molecule has 0 heterocycles. The number of nitrogens with one attached hydrogen (secondary N) is 1. The van der Waals surface area contributed by atoms with Gasteiger partial charge in [-0.05, 0) is 46.2 Å². The Morgan fingerprint density at radius 1 is 1.22 bits per heavy atom. The summed E-state index contributed by atoms with van der Waals surface area (Å²) in [6.07, 6.45) is -0.457. The lowest BCUT2D eigenvalue weighted by Crippen LogP contribution is -2.27. The predicted octanol–water partition coefficient (Wildman–Crippen LogP) is 3.66. The molecule has 4 heteroatoms. The summed E-state index contributed by atoms with van der Waals surface area (Å²) in [5, 5.41) is 2.77. The second kappa shape index (κ2) is 5.29. The summed E-state index contributed by atoms with van der Waals surface area (Å²) < 4.78 is 10.5. The van der Waals surface area contributed by atoms with Gasteiger partial charge in [0.1, 0.15) is 11.4 Å². The zero-order chi connectivity index (χ0) is 13.9. The van der Waals surface area contributed by atoms with Gasteiger partial charge in [0.2, 0.25) is 0 Å². The van der Waals surface area contributed by atoms with Crippen LogP contribution < -0.4 is 10.1 Å². The van der Waals surface area contributed by atoms with Crippen molar-refractivity contribution < 1.29 is 14.3 Å². The lowest BCUT2D eigenvalue weighted by atomic mass is 10.1. The van der Waals surface area contributed by atoms with Crippen LogP contribution in [0.2, 0.25) is 0 Å². The lowest BCUT2D eigenvalue weighted by molar-refractivity contribution is 0.0635. The van der Waals surface area contributed by atoms with Crippen LogP contribution in [0.25, 0.3) is 0 Å². The summed E-state index contributed by atoms with van der Waals surface area (Å²) >= 11 is 0. The van der Waals surface area contributed by atoms with Crippen molar-refractivity contribution in [3.05, 3.63) is 23.3 Å². The van der Waals surface area contributed by atoms with Gasteiger partial charge in [-0.2, -0.15) is 0 Å². The van der Waals surface area contributed by atoms with Gasteiger partial charge in [0.05, 0.1) is 12.8 Å². The highest BCUT2D eigenvalue weighted by atomic mass is 16.6. The van der Waals surface area contributed by atoms with Crippen LogP contribution in [0.15, 0.2) is 12.1 Å². The highest BCUT2D eigenvalue weighted by Gasteiger charge is 2.18. The molecular weight excluding hydrogens is 230 g/mol. The molecule has 18 heavy (non-hydrogen) atoms.